The van der Waals surface area contributed by atoms with Gasteiger partial charge in [0.15, 0.2) is 0 Å². The van der Waals surface area contributed by atoms with E-state index in [1.165, 1.54) is 0 Å². The second-order valence-electron chi connectivity index (χ2n) is 4.60. The Morgan fingerprint density at radius 1 is 1.05 bits per heavy atom. The fourth-order valence-electron chi connectivity index (χ4n) is 1.98. The lowest BCUT2D eigenvalue weighted by molar-refractivity contribution is 0.596. The zero-order chi connectivity index (χ0) is 16.2. The van der Waals surface area contributed by atoms with Crippen LogP contribution >= 0.6 is 0 Å². The van der Waals surface area contributed by atoms with E-state index >= 15 is 0 Å². The van der Waals surface area contributed by atoms with Crippen molar-refractivity contribution in [2.75, 3.05) is 4.31 Å². The van der Waals surface area contributed by atoms with Crippen LogP contribution in [0.3, 0.4) is 0 Å². The first-order valence-corrected chi connectivity index (χ1v) is 8.04. The average molecular weight is 309 g/mol. The quantitative estimate of drug-likeness (QED) is 0.645. The van der Waals surface area contributed by atoms with Crippen LogP contribution in [0.2, 0.25) is 0 Å². The fraction of sp³-hybridized carbons (Fsp3) is 0.111. The maximum Gasteiger partial charge on any atom is 0.275 e. The molecule has 0 atom stereocenters. The van der Waals surface area contributed by atoms with Gasteiger partial charge >= 0.3 is 0 Å². The summed E-state index contributed by atoms with van der Waals surface area (Å²) < 4.78 is 26.5. The SMILES string of the molecule is C#CN(c1ccccc1C#CC)S(=O)(=O)c1ccc(C)cc1. The number of sulfonamides is 1. The van der Waals surface area contributed by atoms with Gasteiger partial charge in [0.2, 0.25) is 0 Å². The highest BCUT2D eigenvalue weighted by Gasteiger charge is 2.25. The molecule has 2 aromatic rings. The van der Waals surface area contributed by atoms with Crippen molar-refractivity contribution in [2.24, 2.45) is 0 Å². The summed E-state index contributed by atoms with van der Waals surface area (Å²) in [4.78, 5) is 0.148. The highest BCUT2D eigenvalue weighted by molar-refractivity contribution is 7.93. The Morgan fingerprint density at radius 3 is 2.27 bits per heavy atom. The molecule has 2 aromatic carbocycles. The molecule has 0 fully saturated rings. The first-order chi connectivity index (χ1) is 10.5. The van der Waals surface area contributed by atoms with Gasteiger partial charge < -0.3 is 0 Å². The molecular formula is C18H15NO2S. The molecule has 3 nitrogen and oxygen atoms in total. The summed E-state index contributed by atoms with van der Waals surface area (Å²) in [6.45, 7) is 3.58. The molecule has 110 valence electrons. The molecule has 22 heavy (non-hydrogen) atoms. The van der Waals surface area contributed by atoms with Crippen LogP contribution in [0.25, 0.3) is 0 Å². The summed E-state index contributed by atoms with van der Waals surface area (Å²) in [6.07, 6.45) is 5.47. The third-order valence-electron chi connectivity index (χ3n) is 3.06. The first-order valence-electron chi connectivity index (χ1n) is 6.60. The van der Waals surface area contributed by atoms with Crippen LogP contribution in [0.4, 0.5) is 5.69 Å². The Kier molecular flexibility index (Phi) is 4.56. The molecule has 0 aromatic heterocycles. The minimum Gasteiger partial charge on any atom is -0.200 e. The Bertz CT molecular complexity index is 879. The third kappa shape index (κ3) is 2.98. The van der Waals surface area contributed by atoms with E-state index in [-0.39, 0.29) is 4.90 Å². The molecular weight excluding hydrogens is 294 g/mol. The Balaban J connectivity index is 2.59. The second-order valence-corrected chi connectivity index (χ2v) is 6.39. The van der Waals surface area contributed by atoms with Gasteiger partial charge in [-0.3, -0.25) is 0 Å². The highest BCUT2D eigenvalue weighted by atomic mass is 32.2. The lowest BCUT2D eigenvalue weighted by atomic mass is 10.2. The van der Waals surface area contributed by atoms with Crippen molar-refractivity contribution in [3.05, 3.63) is 59.7 Å². The number of hydrogen-bond acceptors (Lipinski definition) is 2. The van der Waals surface area contributed by atoms with E-state index < -0.39 is 10.0 Å². The molecule has 0 saturated carbocycles. The molecule has 0 aliphatic rings. The topological polar surface area (TPSA) is 37.4 Å². The van der Waals surface area contributed by atoms with Gasteiger partial charge in [-0.2, -0.15) is 4.31 Å². The molecule has 2 rings (SSSR count). The van der Waals surface area contributed by atoms with Crippen LogP contribution in [0.5, 0.6) is 0 Å². The predicted molar refractivity (Wildman–Crippen MR) is 88.7 cm³/mol. The normalized spacial score (nSPS) is 10.2. The zero-order valence-corrected chi connectivity index (χ0v) is 13.2. The monoisotopic (exact) mass is 309 g/mol. The van der Waals surface area contributed by atoms with Gasteiger partial charge in [0.25, 0.3) is 10.0 Å². The van der Waals surface area contributed by atoms with Crippen molar-refractivity contribution in [3.63, 3.8) is 0 Å². The van der Waals surface area contributed by atoms with Gasteiger partial charge in [-0.15, -0.1) is 5.92 Å². The van der Waals surface area contributed by atoms with Gasteiger partial charge in [-0.05, 0) is 38.1 Å². The Labute approximate surface area is 131 Å². The number of para-hydroxylation sites is 1. The molecule has 0 unspecified atom stereocenters. The number of terminal acetylenes is 1. The number of hydrogen-bond donors (Lipinski definition) is 0. The summed E-state index contributed by atoms with van der Waals surface area (Å²) in [7, 11) is -3.83. The second kappa shape index (κ2) is 6.39. The molecule has 0 spiro atoms. The van der Waals surface area contributed by atoms with Crippen molar-refractivity contribution < 1.29 is 8.42 Å². The summed E-state index contributed by atoms with van der Waals surface area (Å²) in [5.74, 6) is 5.63. The number of rotatable bonds is 3. The maximum atomic E-state index is 12.8. The minimum absolute atomic E-state index is 0.148. The van der Waals surface area contributed by atoms with E-state index in [9.17, 15) is 8.42 Å². The van der Waals surface area contributed by atoms with Gasteiger partial charge in [-0.25, -0.2) is 8.42 Å². The first kappa shape index (κ1) is 15.7. The number of anilines is 1. The molecule has 0 aliphatic carbocycles. The molecule has 0 amide bonds. The lowest BCUT2D eigenvalue weighted by Crippen LogP contribution is -2.26. The van der Waals surface area contributed by atoms with Gasteiger partial charge in [0.05, 0.1) is 16.1 Å². The van der Waals surface area contributed by atoms with Crippen molar-refractivity contribution in [3.8, 4) is 24.3 Å². The zero-order valence-electron chi connectivity index (χ0n) is 12.4. The maximum absolute atomic E-state index is 12.8. The molecule has 0 radical (unpaired) electrons. The van der Waals surface area contributed by atoms with E-state index in [0.717, 1.165) is 9.87 Å². The largest absolute Gasteiger partial charge is 0.275 e. The minimum atomic E-state index is -3.83. The van der Waals surface area contributed by atoms with E-state index in [4.69, 9.17) is 6.42 Å². The van der Waals surface area contributed by atoms with Gasteiger partial charge in [0.1, 0.15) is 0 Å². The van der Waals surface area contributed by atoms with Crippen molar-refractivity contribution in [1.82, 2.24) is 0 Å². The Hall–Kier alpha value is -2.69. The van der Waals surface area contributed by atoms with Gasteiger partial charge in [0, 0.05) is 6.04 Å². The van der Waals surface area contributed by atoms with Crippen LogP contribution in [-0.2, 0) is 10.0 Å². The summed E-state index contributed by atoms with van der Waals surface area (Å²) in [5.41, 5.74) is 1.92. The van der Waals surface area contributed by atoms with Crippen LogP contribution in [0.15, 0.2) is 53.4 Å². The molecule has 4 heteroatoms. The van der Waals surface area contributed by atoms with Crippen LogP contribution in [-0.4, -0.2) is 8.42 Å². The van der Waals surface area contributed by atoms with Crippen LogP contribution in [0, 0.1) is 31.2 Å². The summed E-state index contributed by atoms with van der Waals surface area (Å²) >= 11 is 0. The summed E-state index contributed by atoms with van der Waals surface area (Å²) in [6, 6.07) is 15.7. The molecule has 0 N–H and O–H groups in total. The highest BCUT2D eigenvalue weighted by Crippen LogP contribution is 2.26. The van der Waals surface area contributed by atoms with E-state index in [2.05, 4.69) is 17.9 Å². The number of nitrogens with zero attached hydrogens (tertiary/aromatic N) is 1. The summed E-state index contributed by atoms with van der Waals surface area (Å²) in [5, 5.41) is 0. The van der Waals surface area contributed by atoms with Crippen molar-refractivity contribution >= 4 is 15.7 Å². The third-order valence-corrected chi connectivity index (χ3v) is 4.71. The standard InChI is InChI=1S/C18H15NO2S/c1-4-8-16-9-6-7-10-18(16)19(5-2)22(20,21)17-13-11-15(3)12-14-17/h2,6-7,9-14H,1,3H3. The van der Waals surface area contributed by atoms with Crippen molar-refractivity contribution in [2.45, 2.75) is 18.7 Å². The Morgan fingerprint density at radius 2 is 1.68 bits per heavy atom. The fourth-order valence-corrected chi connectivity index (χ4v) is 3.22. The predicted octanol–water partition coefficient (Wildman–Crippen LogP) is 3.15. The molecule has 0 aliphatic heterocycles. The van der Waals surface area contributed by atoms with Crippen LogP contribution < -0.4 is 4.31 Å². The number of aryl methyl sites for hydroxylation is 1. The molecule has 0 saturated heterocycles. The molecule has 0 bridgehead atoms. The molecule has 0 heterocycles. The van der Waals surface area contributed by atoms with Crippen LogP contribution in [0.1, 0.15) is 18.1 Å². The van der Waals surface area contributed by atoms with E-state index in [1.807, 2.05) is 6.92 Å². The van der Waals surface area contributed by atoms with E-state index in [1.54, 1.807) is 55.5 Å². The average Bonchev–Trinajstić information content (AvgIpc) is 2.50. The number of benzene rings is 2. The van der Waals surface area contributed by atoms with Gasteiger partial charge in [-0.1, -0.05) is 42.2 Å². The van der Waals surface area contributed by atoms with E-state index in [0.29, 0.717) is 11.3 Å². The smallest absolute Gasteiger partial charge is 0.200 e. The van der Waals surface area contributed by atoms with Crippen molar-refractivity contribution in [1.29, 1.82) is 0 Å². The lowest BCUT2D eigenvalue weighted by Gasteiger charge is -2.19.